The minimum absolute atomic E-state index is 0.394. The summed E-state index contributed by atoms with van der Waals surface area (Å²) in [6.07, 6.45) is 0. The standard InChI is InChI=1S/C16H18N2O4/c1-10-7-14(11(2)22-10)16(20)18-17-15(19)13-6-4-5-12(8-13)9-21-3/h4-8H,9H2,1-3H3,(H,17,19)(H,18,20). The molecule has 0 atom stereocenters. The number of carbonyl (C=O) groups excluding carboxylic acids is 2. The number of benzene rings is 1. The second-order valence-corrected chi connectivity index (χ2v) is 4.87. The number of carbonyl (C=O) groups is 2. The van der Waals surface area contributed by atoms with Crippen molar-refractivity contribution in [2.45, 2.75) is 20.5 Å². The van der Waals surface area contributed by atoms with Gasteiger partial charge in [-0.3, -0.25) is 20.4 Å². The van der Waals surface area contributed by atoms with E-state index < -0.39 is 11.8 Å². The van der Waals surface area contributed by atoms with E-state index in [9.17, 15) is 9.59 Å². The number of furan rings is 1. The first-order chi connectivity index (χ1) is 10.5. The molecule has 1 aromatic heterocycles. The number of aryl methyl sites for hydroxylation is 2. The van der Waals surface area contributed by atoms with Gasteiger partial charge >= 0.3 is 0 Å². The van der Waals surface area contributed by atoms with Gasteiger partial charge in [0.15, 0.2) is 0 Å². The first-order valence-corrected chi connectivity index (χ1v) is 6.77. The van der Waals surface area contributed by atoms with Crippen LogP contribution in [0.15, 0.2) is 34.7 Å². The molecule has 0 saturated heterocycles. The summed E-state index contributed by atoms with van der Waals surface area (Å²) in [7, 11) is 1.59. The summed E-state index contributed by atoms with van der Waals surface area (Å²) in [6, 6.07) is 8.60. The number of hydrogen-bond donors (Lipinski definition) is 2. The Morgan fingerprint density at radius 3 is 2.50 bits per heavy atom. The average molecular weight is 302 g/mol. The average Bonchev–Trinajstić information content (AvgIpc) is 2.84. The molecule has 0 unspecified atom stereocenters. The van der Waals surface area contributed by atoms with E-state index in [4.69, 9.17) is 9.15 Å². The molecule has 0 bridgehead atoms. The fourth-order valence-corrected chi connectivity index (χ4v) is 2.08. The van der Waals surface area contributed by atoms with Crippen molar-refractivity contribution in [2.24, 2.45) is 0 Å². The first-order valence-electron chi connectivity index (χ1n) is 6.77. The predicted molar refractivity (Wildman–Crippen MR) is 80.3 cm³/mol. The Hall–Kier alpha value is -2.60. The maximum atomic E-state index is 12.0. The highest BCUT2D eigenvalue weighted by atomic mass is 16.5. The monoisotopic (exact) mass is 302 g/mol. The van der Waals surface area contributed by atoms with E-state index in [2.05, 4.69) is 10.9 Å². The van der Waals surface area contributed by atoms with Crippen molar-refractivity contribution in [3.05, 3.63) is 58.5 Å². The molecule has 2 N–H and O–H groups in total. The third kappa shape index (κ3) is 3.73. The lowest BCUT2D eigenvalue weighted by Crippen LogP contribution is -2.41. The molecule has 0 aliphatic rings. The van der Waals surface area contributed by atoms with E-state index in [1.54, 1.807) is 45.2 Å². The third-order valence-electron chi connectivity index (χ3n) is 3.08. The van der Waals surface area contributed by atoms with Crippen LogP contribution in [0.3, 0.4) is 0 Å². The molecular formula is C16H18N2O4. The van der Waals surface area contributed by atoms with Gasteiger partial charge in [0.2, 0.25) is 0 Å². The van der Waals surface area contributed by atoms with Crippen LogP contribution in [0.1, 0.15) is 37.8 Å². The summed E-state index contributed by atoms with van der Waals surface area (Å²) in [6.45, 7) is 3.86. The lowest BCUT2D eigenvalue weighted by molar-refractivity contribution is 0.0845. The summed E-state index contributed by atoms with van der Waals surface area (Å²) in [5.74, 6) is 0.326. The lowest BCUT2D eigenvalue weighted by Gasteiger charge is -2.08. The van der Waals surface area contributed by atoms with Crippen molar-refractivity contribution >= 4 is 11.8 Å². The van der Waals surface area contributed by atoms with Crippen LogP contribution in [0.5, 0.6) is 0 Å². The fraction of sp³-hybridized carbons (Fsp3) is 0.250. The SMILES string of the molecule is COCc1cccc(C(=O)NNC(=O)c2cc(C)oc2C)c1. The number of nitrogens with one attached hydrogen (secondary N) is 2. The minimum Gasteiger partial charge on any atom is -0.466 e. The molecule has 6 nitrogen and oxygen atoms in total. The van der Waals surface area contributed by atoms with Crippen LogP contribution < -0.4 is 10.9 Å². The molecule has 2 rings (SSSR count). The molecule has 0 radical (unpaired) electrons. The van der Waals surface area contributed by atoms with Crippen molar-refractivity contribution in [2.75, 3.05) is 7.11 Å². The Morgan fingerprint density at radius 1 is 1.14 bits per heavy atom. The zero-order valence-electron chi connectivity index (χ0n) is 12.7. The molecular weight excluding hydrogens is 284 g/mol. The van der Waals surface area contributed by atoms with Crippen LogP contribution in [-0.4, -0.2) is 18.9 Å². The van der Waals surface area contributed by atoms with Gasteiger partial charge < -0.3 is 9.15 Å². The van der Waals surface area contributed by atoms with Gasteiger partial charge in [0.1, 0.15) is 11.5 Å². The van der Waals surface area contributed by atoms with Gasteiger partial charge in [-0.05, 0) is 37.6 Å². The number of amides is 2. The van der Waals surface area contributed by atoms with Crippen LogP contribution in [0.2, 0.25) is 0 Å². The molecule has 6 heteroatoms. The highest BCUT2D eigenvalue weighted by Crippen LogP contribution is 2.13. The van der Waals surface area contributed by atoms with Gasteiger partial charge in [-0.1, -0.05) is 12.1 Å². The molecule has 0 saturated carbocycles. The maximum absolute atomic E-state index is 12.0. The smallest absolute Gasteiger partial charge is 0.273 e. The zero-order valence-corrected chi connectivity index (χ0v) is 12.7. The highest BCUT2D eigenvalue weighted by molar-refractivity contribution is 5.99. The third-order valence-corrected chi connectivity index (χ3v) is 3.08. The molecule has 2 amide bonds. The molecule has 22 heavy (non-hydrogen) atoms. The van der Waals surface area contributed by atoms with E-state index in [0.29, 0.717) is 29.3 Å². The number of ether oxygens (including phenoxy) is 1. The molecule has 0 fully saturated rings. The van der Waals surface area contributed by atoms with Gasteiger partial charge in [0.05, 0.1) is 12.2 Å². The molecule has 0 spiro atoms. The quantitative estimate of drug-likeness (QED) is 0.848. The van der Waals surface area contributed by atoms with Crippen molar-refractivity contribution in [1.82, 2.24) is 10.9 Å². The predicted octanol–water partition coefficient (Wildman–Crippen LogP) is 2.12. The molecule has 1 aromatic carbocycles. The molecule has 1 heterocycles. The van der Waals surface area contributed by atoms with Gasteiger partial charge in [0.25, 0.3) is 11.8 Å². The van der Waals surface area contributed by atoms with Crippen LogP contribution in [-0.2, 0) is 11.3 Å². The number of hydrogen-bond acceptors (Lipinski definition) is 4. The molecule has 2 aromatic rings. The summed E-state index contributed by atoms with van der Waals surface area (Å²) in [4.78, 5) is 24.0. The zero-order chi connectivity index (χ0) is 16.1. The fourth-order valence-electron chi connectivity index (χ4n) is 2.08. The van der Waals surface area contributed by atoms with E-state index in [1.165, 1.54) is 0 Å². The Balaban J connectivity index is 1.99. The summed E-state index contributed by atoms with van der Waals surface area (Å²) in [5, 5.41) is 0. The van der Waals surface area contributed by atoms with Gasteiger partial charge in [-0.2, -0.15) is 0 Å². The summed E-state index contributed by atoms with van der Waals surface area (Å²) >= 11 is 0. The highest BCUT2D eigenvalue weighted by Gasteiger charge is 2.14. The van der Waals surface area contributed by atoms with Gasteiger partial charge in [-0.15, -0.1) is 0 Å². The van der Waals surface area contributed by atoms with E-state index in [1.807, 2.05) is 6.07 Å². The molecule has 0 aliphatic heterocycles. The van der Waals surface area contributed by atoms with Crippen molar-refractivity contribution in [1.29, 1.82) is 0 Å². The minimum atomic E-state index is -0.421. The van der Waals surface area contributed by atoms with Crippen LogP contribution in [0.25, 0.3) is 0 Å². The Kier molecular flexibility index (Phi) is 4.95. The van der Waals surface area contributed by atoms with Crippen LogP contribution in [0.4, 0.5) is 0 Å². The van der Waals surface area contributed by atoms with E-state index in [0.717, 1.165) is 5.56 Å². The van der Waals surface area contributed by atoms with Crippen molar-refractivity contribution < 1.29 is 18.7 Å². The number of rotatable bonds is 4. The largest absolute Gasteiger partial charge is 0.466 e. The second kappa shape index (κ2) is 6.91. The molecule has 116 valence electrons. The first kappa shape index (κ1) is 15.8. The summed E-state index contributed by atoms with van der Waals surface area (Å²) < 4.78 is 10.3. The maximum Gasteiger partial charge on any atom is 0.273 e. The van der Waals surface area contributed by atoms with Crippen LogP contribution in [0, 0.1) is 13.8 Å². The summed E-state index contributed by atoms with van der Waals surface area (Å²) in [5.41, 5.74) is 6.47. The van der Waals surface area contributed by atoms with Crippen molar-refractivity contribution in [3.63, 3.8) is 0 Å². The second-order valence-electron chi connectivity index (χ2n) is 4.87. The topological polar surface area (TPSA) is 80.6 Å². The van der Waals surface area contributed by atoms with Gasteiger partial charge in [-0.25, -0.2) is 0 Å². The van der Waals surface area contributed by atoms with Crippen LogP contribution >= 0.6 is 0 Å². The van der Waals surface area contributed by atoms with Gasteiger partial charge in [0, 0.05) is 12.7 Å². The van der Waals surface area contributed by atoms with E-state index >= 15 is 0 Å². The Labute approximate surface area is 128 Å². The van der Waals surface area contributed by atoms with Crippen molar-refractivity contribution in [3.8, 4) is 0 Å². The number of methoxy groups -OCH3 is 1. The number of hydrazine groups is 1. The molecule has 0 aliphatic carbocycles. The Morgan fingerprint density at radius 2 is 1.86 bits per heavy atom. The Bertz CT molecular complexity index is 691. The normalized spacial score (nSPS) is 10.3. The lowest BCUT2D eigenvalue weighted by atomic mass is 10.1. The van der Waals surface area contributed by atoms with E-state index in [-0.39, 0.29) is 0 Å².